The van der Waals surface area contributed by atoms with Crippen molar-refractivity contribution in [2.24, 2.45) is 5.92 Å². The van der Waals surface area contributed by atoms with Crippen LogP contribution in [0.5, 0.6) is 0 Å². The zero-order valence-electron chi connectivity index (χ0n) is 9.76. The van der Waals surface area contributed by atoms with Crippen molar-refractivity contribution in [2.45, 2.75) is 20.4 Å². The minimum atomic E-state index is -0.746. The number of hydrogen-bond acceptors (Lipinski definition) is 3. The van der Waals surface area contributed by atoms with Crippen molar-refractivity contribution >= 4 is 5.97 Å². The Kier molecular flexibility index (Phi) is 4.92. The summed E-state index contributed by atoms with van der Waals surface area (Å²) in [5.74, 6) is -1.08. The maximum Gasteiger partial charge on any atom is 0.307 e. The number of aromatic nitrogens is 1. The van der Waals surface area contributed by atoms with Gasteiger partial charge in [-0.2, -0.15) is 0 Å². The van der Waals surface area contributed by atoms with Crippen LogP contribution < -0.4 is 0 Å². The van der Waals surface area contributed by atoms with E-state index < -0.39 is 5.97 Å². The van der Waals surface area contributed by atoms with E-state index in [4.69, 9.17) is 5.11 Å². The van der Waals surface area contributed by atoms with Crippen LogP contribution >= 0.6 is 0 Å². The molecule has 88 valence electrons. The standard InChI is InChI=1S/C12H18N2O2/c1-3-14(8-10(2)12(15)16)9-11-5-4-6-13-7-11/h4-7,10H,3,8-9H2,1-2H3,(H,15,16). The van der Waals surface area contributed by atoms with Gasteiger partial charge in [0, 0.05) is 25.5 Å². The summed E-state index contributed by atoms with van der Waals surface area (Å²) in [4.78, 5) is 16.9. The summed E-state index contributed by atoms with van der Waals surface area (Å²) in [6, 6.07) is 3.89. The predicted molar refractivity (Wildman–Crippen MR) is 62.0 cm³/mol. The van der Waals surface area contributed by atoms with Crippen molar-refractivity contribution in [3.05, 3.63) is 30.1 Å². The quantitative estimate of drug-likeness (QED) is 0.794. The van der Waals surface area contributed by atoms with Gasteiger partial charge in [0.2, 0.25) is 0 Å². The van der Waals surface area contributed by atoms with Crippen molar-refractivity contribution < 1.29 is 9.90 Å². The number of carbonyl (C=O) groups is 1. The lowest BCUT2D eigenvalue weighted by atomic mass is 10.1. The minimum Gasteiger partial charge on any atom is -0.481 e. The van der Waals surface area contributed by atoms with Gasteiger partial charge in [-0.15, -0.1) is 0 Å². The third-order valence-electron chi connectivity index (χ3n) is 2.53. The molecule has 0 aliphatic heterocycles. The first-order valence-corrected chi connectivity index (χ1v) is 5.47. The molecule has 0 saturated heterocycles. The predicted octanol–water partition coefficient (Wildman–Crippen LogP) is 1.62. The number of pyridine rings is 1. The second-order valence-corrected chi connectivity index (χ2v) is 3.93. The molecule has 1 unspecified atom stereocenters. The molecule has 0 aromatic carbocycles. The third-order valence-corrected chi connectivity index (χ3v) is 2.53. The minimum absolute atomic E-state index is 0.336. The largest absolute Gasteiger partial charge is 0.481 e. The SMILES string of the molecule is CCN(Cc1cccnc1)CC(C)C(=O)O. The molecule has 0 radical (unpaired) electrons. The van der Waals surface area contributed by atoms with Crippen LogP contribution in [-0.4, -0.2) is 34.0 Å². The maximum atomic E-state index is 10.8. The summed E-state index contributed by atoms with van der Waals surface area (Å²) in [5.41, 5.74) is 1.11. The first-order chi connectivity index (χ1) is 7.63. The summed E-state index contributed by atoms with van der Waals surface area (Å²) in [7, 11) is 0. The number of hydrogen-bond donors (Lipinski definition) is 1. The lowest BCUT2D eigenvalue weighted by molar-refractivity contribution is -0.141. The van der Waals surface area contributed by atoms with Crippen LogP contribution in [0.1, 0.15) is 19.4 Å². The molecule has 0 bridgehead atoms. The van der Waals surface area contributed by atoms with Gasteiger partial charge in [0.05, 0.1) is 5.92 Å². The Morgan fingerprint density at radius 2 is 2.38 bits per heavy atom. The van der Waals surface area contributed by atoms with E-state index in [1.165, 1.54) is 0 Å². The fourth-order valence-electron chi connectivity index (χ4n) is 1.52. The fourth-order valence-corrected chi connectivity index (χ4v) is 1.52. The molecule has 0 saturated carbocycles. The molecule has 16 heavy (non-hydrogen) atoms. The van der Waals surface area contributed by atoms with E-state index in [0.717, 1.165) is 18.7 Å². The number of carboxylic acid groups (broad SMARTS) is 1. The van der Waals surface area contributed by atoms with Gasteiger partial charge >= 0.3 is 5.97 Å². The Bertz CT molecular complexity index is 327. The molecule has 1 rings (SSSR count). The van der Waals surface area contributed by atoms with Crippen molar-refractivity contribution in [1.82, 2.24) is 9.88 Å². The maximum absolute atomic E-state index is 10.8. The van der Waals surface area contributed by atoms with E-state index in [1.807, 2.05) is 25.3 Å². The van der Waals surface area contributed by atoms with Crippen LogP contribution in [0.4, 0.5) is 0 Å². The van der Waals surface area contributed by atoms with Crippen molar-refractivity contribution in [3.63, 3.8) is 0 Å². The highest BCUT2D eigenvalue weighted by molar-refractivity contribution is 5.69. The molecule has 1 aromatic rings. The Hall–Kier alpha value is -1.42. The highest BCUT2D eigenvalue weighted by Gasteiger charge is 2.15. The molecular weight excluding hydrogens is 204 g/mol. The molecule has 1 aromatic heterocycles. The average Bonchev–Trinajstić information content (AvgIpc) is 2.29. The fraction of sp³-hybridized carbons (Fsp3) is 0.500. The van der Waals surface area contributed by atoms with Crippen LogP contribution in [0.3, 0.4) is 0 Å². The van der Waals surface area contributed by atoms with E-state index in [9.17, 15) is 4.79 Å². The third kappa shape index (κ3) is 3.98. The van der Waals surface area contributed by atoms with Crippen LogP contribution in [0.2, 0.25) is 0 Å². The average molecular weight is 222 g/mol. The van der Waals surface area contributed by atoms with E-state index >= 15 is 0 Å². The van der Waals surface area contributed by atoms with E-state index in [2.05, 4.69) is 9.88 Å². The Labute approximate surface area is 95.9 Å². The lowest BCUT2D eigenvalue weighted by Crippen LogP contribution is -2.31. The molecular formula is C12H18N2O2. The monoisotopic (exact) mass is 222 g/mol. The molecule has 4 nitrogen and oxygen atoms in total. The molecule has 0 aliphatic carbocycles. The second-order valence-electron chi connectivity index (χ2n) is 3.93. The van der Waals surface area contributed by atoms with Gasteiger partial charge in [-0.3, -0.25) is 14.7 Å². The highest BCUT2D eigenvalue weighted by atomic mass is 16.4. The summed E-state index contributed by atoms with van der Waals surface area (Å²) in [6.07, 6.45) is 3.55. The van der Waals surface area contributed by atoms with E-state index in [1.54, 1.807) is 13.1 Å². The van der Waals surface area contributed by atoms with Crippen molar-refractivity contribution in [3.8, 4) is 0 Å². The highest BCUT2D eigenvalue weighted by Crippen LogP contribution is 2.06. The second kappa shape index (κ2) is 6.23. The van der Waals surface area contributed by atoms with Crippen LogP contribution in [0, 0.1) is 5.92 Å². The van der Waals surface area contributed by atoms with Gasteiger partial charge < -0.3 is 5.11 Å². The van der Waals surface area contributed by atoms with Crippen LogP contribution in [-0.2, 0) is 11.3 Å². The molecule has 1 atom stereocenters. The molecule has 0 aliphatic rings. The zero-order valence-corrected chi connectivity index (χ0v) is 9.76. The number of rotatable bonds is 6. The molecule has 0 fully saturated rings. The molecule has 0 spiro atoms. The molecule has 1 heterocycles. The number of carboxylic acids is 1. The summed E-state index contributed by atoms with van der Waals surface area (Å²) in [5, 5.41) is 8.85. The molecule has 4 heteroatoms. The van der Waals surface area contributed by atoms with E-state index in [0.29, 0.717) is 6.54 Å². The number of aliphatic carboxylic acids is 1. The van der Waals surface area contributed by atoms with Gasteiger partial charge in [-0.1, -0.05) is 19.9 Å². The summed E-state index contributed by atoms with van der Waals surface area (Å²) < 4.78 is 0. The first kappa shape index (κ1) is 12.6. The summed E-state index contributed by atoms with van der Waals surface area (Å²) in [6.45, 7) is 5.92. The van der Waals surface area contributed by atoms with E-state index in [-0.39, 0.29) is 5.92 Å². The summed E-state index contributed by atoms with van der Waals surface area (Å²) >= 11 is 0. The molecule has 1 N–H and O–H groups in total. The van der Waals surface area contributed by atoms with Gasteiger partial charge in [0.25, 0.3) is 0 Å². The van der Waals surface area contributed by atoms with Crippen molar-refractivity contribution in [2.75, 3.05) is 13.1 Å². The van der Waals surface area contributed by atoms with Gasteiger partial charge in [-0.25, -0.2) is 0 Å². The van der Waals surface area contributed by atoms with Gasteiger partial charge in [-0.05, 0) is 18.2 Å². The lowest BCUT2D eigenvalue weighted by Gasteiger charge is -2.22. The smallest absolute Gasteiger partial charge is 0.307 e. The molecule has 0 amide bonds. The Balaban J connectivity index is 2.53. The van der Waals surface area contributed by atoms with Gasteiger partial charge in [0.1, 0.15) is 0 Å². The first-order valence-electron chi connectivity index (χ1n) is 5.47. The Morgan fingerprint density at radius 1 is 1.62 bits per heavy atom. The topological polar surface area (TPSA) is 53.4 Å². The zero-order chi connectivity index (χ0) is 12.0. The number of nitrogens with zero attached hydrogens (tertiary/aromatic N) is 2. The van der Waals surface area contributed by atoms with Crippen molar-refractivity contribution in [1.29, 1.82) is 0 Å². The van der Waals surface area contributed by atoms with Gasteiger partial charge in [0.15, 0.2) is 0 Å². The Morgan fingerprint density at radius 3 is 2.88 bits per heavy atom. The van der Waals surface area contributed by atoms with Crippen LogP contribution in [0.25, 0.3) is 0 Å². The normalized spacial score (nSPS) is 12.7. The van der Waals surface area contributed by atoms with Crippen LogP contribution in [0.15, 0.2) is 24.5 Å².